The Morgan fingerprint density at radius 3 is 2.27 bits per heavy atom. The van der Waals surface area contributed by atoms with Gasteiger partial charge in [0.15, 0.2) is 0 Å². The van der Waals surface area contributed by atoms with Gasteiger partial charge in [0.2, 0.25) is 0 Å². The van der Waals surface area contributed by atoms with Crippen LogP contribution in [0.5, 0.6) is 0 Å². The molecule has 130 valence electrons. The first-order valence-corrected chi connectivity index (χ1v) is 9.21. The van der Waals surface area contributed by atoms with E-state index < -0.39 is 5.97 Å². The van der Waals surface area contributed by atoms with Gasteiger partial charge in [0.1, 0.15) is 0 Å². The second-order valence-corrected chi connectivity index (χ2v) is 6.26. The summed E-state index contributed by atoms with van der Waals surface area (Å²) >= 11 is 0. The van der Waals surface area contributed by atoms with Crippen molar-refractivity contribution in [2.75, 3.05) is 0 Å². The van der Waals surface area contributed by atoms with Crippen molar-refractivity contribution in [1.82, 2.24) is 0 Å². The fraction of sp³-hybridized carbons (Fsp3) is 0.842. The molecule has 0 aromatic carbocycles. The van der Waals surface area contributed by atoms with Gasteiger partial charge in [-0.05, 0) is 32.1 Å². The van der Waals surface area contributed by atoms with Gasteiger partial charge < -0.3 is 10.2 Å². The molecule has 0 aliphatic rings. The molecule has 0 fully saturated rings. The van der Waals surface area contributed by atoms with Gasteiger partial charge in [0.05, 0.1) is 6.10 Å². The number of aliphatic hydroxyl groups excluding tert-OH is 1. The van der Waals surface area contributed by atoms with Crippen LogP contribution < -0.4 is 0 Å². The lowest BCUT2D eigenvalue weighted by molar-refractivity contribution is -0.137. The number of rotatable bonds is 16. The van der Waals surface area contributed by atoms with E-state index in [1.165, 1.54) is 32.1 Å². The smallest absolute Gasteiger partial charge is 0.303 e. The first-order valence-electron chi connectivity index (χ1n) is 9.21. The molecular weight excluding hydrogens is 276 g/mol. The van der Waals surface area contributed by atoms with Gasteiger partial charge in [-0.2, -0.15) is 0 Å². The lowest BCUT2D eigenvalue weighted by atomic mass is 10.0. The summed E-state index contributed by atoms with van der Waals surface area (Å²) in [5.74, 6) is -0.701. The number of hydrogen-bond acceptors (Lipinski definition) is 2. The van der Waals surface area contributed by atoms with Crippen LogP contribution in [0, 0.1) is 0 Å². The second-order valence-electron chi connectivity index (χ2n) is 6.26. The zero-order valence-electron chi connectivity index (χ0n) is 14.4. The van der Waals surface area contributed by atoms with Crippen molar-refractivity contribution in [2.45, 2.75) is 103 Å². The highest BCUT2D eigenvalue weighted by molar-refractivity contribution is 5.66. The van der Waals surface area contributed by atoms with Gasteiger partial charge in [0, 0.05) is 6.42 Å². The van der Waals surface area contributed by atoms with Crippen LogP contribution in [0.2, 0.25) is 0 Å². The average molecular weight is 312 g/mol. The number of unbranched alkanes of at least 4 members (excludes halogenated alkanes) is 9. The molecule has 0 aliphatic heterocycles. The maximum Gasteiger partial charge on any atom is 0.303 e. The van der Waals surface area contributed by atoms with E-state index in [4.69, 9.17) is 5.11 Å². The molecule has 0 heterocycles. The third-order valence-corrected chi connectivity index (χ3v) is 3.98. The summed E-state index contributed by atoms with van der Waals surface area (Å²) < 4.78 is 0. The van der Waals surface area contributed by atoms with E-state index in [2.05, 4.69) is 19.1 Å². The summed E-state index contributed by atoms with van der Waals surface area (Å²) in [7, 11) is 0. The number of carboxylic acid groups (broad SMARTS) is 1. The minimum absolute atomic E-state index is 0.213. The first-order chi connectivity index (χ1) is 10.7. The fourth-order valence-electron chi connectivity index (χ4n) is 2.54. The highest BCUT2D eigenvalue weighted by Gasteiger charge is 2.01. The average Bonchev–Trinajstić information content (AvgIpc) is 2.48. The Morgan fingerprint density at radius 2 is 1.55 bits per heavy atom. The van der Waals surface area contributed by atoms with Crippen molar-refractivity contribution in [2.24, 2.45) is 0 Å². The predicted octanol–water partition coefficient (Wildman–Crippen LogP) is 5.47. The molecule has 1 unspecified atom stereocenters. The minimum atomic E-state index is -0.701. The molecule has 0 saturated heterocycles. The molecule has 0 aromatic heterocycles. The molecule has 0 rings (SSSR count). The van der Waals surface area contributed by atoms with Gasteiger partial charge in [-0.25, -0.2) is 0 Å². The third kappa shape index (κ3) is 17.2. The third-order valence-electron chi connectivity index (χ3n) is 3.98. The quantitative estimate of drug-likeness (QED) is 0.293. The van der Waals surface area contributed by atoms with Crippen LogP contribution >= 0.6 is 0 Å². The zero-order valence-corrected chi connectivity index (χ0v) is 14.4. The maximum atomic E-state index is 10.4. The summed E-state index contributed by atoms with van der Waals surface area (Å²) in [6.45, 7) is 2.23. The Labute approximate surface area is 136 Å². The van der Waals surface area contributed by atoms with E-state index in [0.29, 0.717) is 0 Å². The predicted molar refractivity (Wildman–Crippen MR) is 93.1 cm³/mol. The van der Waals surface area contributed by atoms with Crippen molar-refractivity contribution >= 4 is 5.97 Å². The van der Waals surface area contributed by atoms with E-state index in [1.807, 2.05) is 0 Å². The number of carboxylic acids is 1. The molecule has 0 spiro atoms. The fourth-order valence-corrected chi connectivity index (χ4v) is 2.54. The van der Waals surface area contributed by atoms with Crippen LogP contribution in [0.3, 0.4) is 0 Å². The number of allylic oxidation sites excluding steroid dienone is 1. The Morgan fingerprint density at radius 1 is 0.909 bits per heavy atom. The zero-order chi connectivity index (χ0) is 16.5. The summed E-state index contributed by atoms with van der Waals surface area (Å²) in [5, 5.41) is 18.4. The second kappa shape index (κ2) is 16.5. The van der Waals surface area contributed by atoms with E-state index in [1.54, 1.807) is 0 Å². The highest BCUT2D eigenvalue weighted by Crippen LogP contribution is 2.11. The van der Waals surface area contributed by atoms with E-state index in [9.17, 15) is 9.90 Å². The van der Waals surface area contributed by atoms with Crippen LogP contribution in [-0.4, -0.2) is 22.3 Å². The van der Waals surface area contributed by atoms with Crippen LogP contribution in [0.4, 0.5) is 0 Å². The summed E-state index contributed by atoms with van der Waals surface area (Å²) in [4.78, 5) is 10.4. The lowest BCUT2D eigenvalue weighted by Gasteiger charge is -2.07. The van der Waals surface area contributed by atoms with Gasteiger partial charge in [-0.3, -0.25) is 4.79 Å². The number of carbonyl (C=O) groups is 1. The summed E-state index contributed by atoms with van der Waals surface area (Å²) in [5.41, 5.74) is 0. The van der Waals surface area contributed by atoms with Crippen molar-refractivity contribution in [3.05, 3.63) is 12.2 Å². The van der Waals surface area contributed by atoms with Crippen molar-refractivity contribution in [1.29, 1.82) is 0 Å². The summed E-state index contributed by atoms with van der Waals surface area (Å²) in [6.07, 6.45) is 18.7. The van der Waals surface area contributed by atoms with Gasteiger partial charge >= 0.3 is 5.97 Å². The Kier molecular flexibility index (Phi) is 15.9. The van der Waals surface area contributed by atoms with Crippen LogP contribution in [0.1, 0.15) is 96.8 Å². The molecule has 3 nitrogen and oxygen atoms in total. The van der Waals surface area contributed by atoms with Crippen LogP contribution in [0.25, 0.3) is 0 Å². The van der Waals surface area contributed by atoms with Crippen molar-refractivity contribution in [3.8, 4) is 0 Å². The minimum Gasteiger partial charge on any atom is -0.481 e. The first kappa shape index (κ1) is 21.2. The molecule has 22 heavy (non-hydrogen) atoms. The number of aliphatic hydroxyl groups is 1. The summed E-state index contributed by atoms with van der Waals surface area (Å²) in [6, 6.07) is 0. The highest BCUT2D eigenvalue weighted by atomic mass is 16.4. The maximum absolute atomic E-state index is 10.4. The topological polar surface area (TPSA) is 57.5 Å². The largest absolute Gasteiger partial charge is 0.481 e. The normalized spacial score (nSPS) is 12.8. The SMILES string of the molecule is CCCCCCC/C=C/CC(O)CCCCCCCC(=O)O. The number of aliphatic carboxylic acids is 1. The Bertz CT molecular complexity index is 274. The molecule has 2 N–H and O–H groups in total. The lowest BCUT2D eigenvalue weighted by Crippen LogP contribution is -2.04. The molecule has 0 radical (unpaired) electrons. The molecule has 1 atom stereocenters. The van der Waals surface area contributed by atoms with E-state index in [0.717, 1.165) is 51.4 Å². The van der Waals surface area contributed by atoms with Crippen LogP contribution in [0.15, 0.2) is 12.2 Å². The molecular formula is C19H36O3. The van der Waals surface area contributed by atoms with Gasteiger partial charge in [0.25, 0.3) is 0 Å². The molecule has 0 amide bonds. The Hall–Kier alpha value is -0.830. The molecule has 0 bridgehead atoms. The van der Waals surface area contributed by atoms with E-state index >= 15 is 0 Å². The van der Waals surface area contributed by atoms with Gasteiger partial charge in [-0.15, -0.1) is 0 Å². The number of hydrogen-bond donors (Lipinski definition) is 2. The monoisotopic (exact) mass is 312 g/mol. The standard InChI is InChI=1S/C19H36O3/c1-2-3-4-5-6-7-9-12-15-18(20)16-13-10-8-11-14-17-19(21)22/h9,12,18,20H,2-8,10-11,13-17H2,1H3,(H,21,22)/b12-9+. The molecule has 0 saturated carbocycles. The molecule has 0 aromatic rings. The van der Waals surface area contributed by atoms with Crippen molar-refractivity contribution in [3.63, 3.8) is 0 Å². The molecule has 3 heteroatoms. The van der Waals surface area contributed by atoms with Crippen LogP contribution in [-0.2, 0) is 4.79 Å². The molecule has 0 aliphatic carbocycles. The van der Waals surface area contributed by atoms with Crippen molar-refractivity contribution < 1.29 is 15.0 Å². The van der Waals surface area contributed by atoms with Gasteiger partial charge in [-0.1, -0.05) is 70.4 Å². The Balaban J connectivity index is 3.28. The van der Waals surface area contributed by atoms with E-state index in [-0.39, 0.29) is 12.5 Å².